The van der Waals surface area contributed by atoms with Crippen molar-refractivity contribution in [3.8, 4) is 16.8 Å². The van der Waals surface area contributed by atoms with Crippen molar-refractivity contribution in [3.63, 3.8) is 0 Å². The number of benzene rings is 2. The smallest absolute Gasteiger partial charge is 0.350 e. The van der Waals surface area contributed by atoms with Gasteiger partial charge in [0.2, 0.25) is 5.91 Å². The minimum atomic E-state index is -0.475. The molecule has 1 fully saturated rings. The van der Waals surface area contributed by atoms with E-state index >= 15 is 4.39 Å². The Labute approximate surface area is 239 Å². The van der Waals surface area contributed by atoms with Crippen molar-refractivity contribution in [2.45, 2.75) is 39.7 Å². The zero-order valence-corrected chi connectivity index (χ0v) is 23.9. The fourth-order valence-electron chi connectivity index (χ4n) is 5.68. The molecular formula is C33H34FN5O2. The quantitative estimate of drug-likeness (QED) is 0.280. The van der Waals surface area contributed by atoms with Gasteiger partial charge in [-0.05, 0) is 60.7 Å². The number of aryl methyl sites for hydroxylation is 1. The van der Waals surface area contributed by atoms with Crippen LogP contribution in [0.2, 0.25) is 0 Å². The molecule has 1 atom stereocenters. The van der Waals surface area contributed by atoms with E-state index in [0.717, 1.165) is 16.8 Å². The lowest BCUT2D eigenvalue weighted by molar-refractivity contribution is -0.126. The molecule has 0 N–H and O–H groups in total. The number of halogens is 1. The minimum Gasteiger partial charge on any atom is -0.350 e. The van der Waals surface area contributed by atoms with Crippen molar-refractivity contribution < 1.29 is 9.18 Å². The molecule has 210 valence electrons. The molecular weight excluding hydrogens is 517 g/mol. The van der Waals surface area contributed by atoms with Gasteiger partial charge in [0.25, 0.3) is 0 Å². The highest BCUT2D eigenvalue weighted by Crippen LogP contribution is 2.36. The van der Waals surface area contributed by atoms with Crippen molar-refractivity contribution in [3.05, 3.63) is 101 Å². The lowest BCUT2D eigenvalue weighted by Crippen LogP contribution is -2.54. The SMILES string of the molecule is C=CC(=O)N1CCN(c2nc(=O)n(-c3c(C)ccnc3C(C)C)c3cc(-c4ccccc4C=C)c(F)cc23)[C@@H](C)C1. The van der Waals surface area contributed by atoms with E-state index in [4.69, 9.17) is 0 Å². The van der Waals surface area contributed by atoms with Crippen molar-refractivity contribution in [2.24, 2.45) is 0 Å². The van der Waals surface area contributed by atoms with Crippen molar-refractivity contribution in [1.82, 2.24) is 19.4 Å². The van der Waals surface area contributed by atoms with Gasteiger partial charge in [-0.3, -0.25) is 14.3 Å². The molecule has 2 aromatic heterocycles. The highest BCUT2D eigenvalue weighted by atomic mass is 19.1. The maximum absolute atomic E-state index is 16.1. The van der Waals surface area contributed by atoms with Gasteiger partial charge in [0.1, 0.15) is 11.6 Å². The summed E-state index contributed by atoms with van der Waals surface area (Å²) in [6.07, 6.45) is 4.73. The lowest BCUT2D eigenvalue weighted by atomic mass is 9.97. The first-order chi connectivity index (χ1) is 19.7. The van der Waals surface area contributed by atoms with Gasteiger partial charge in [-0.25, -0.2) is 9.18 Å². The second-order valence-corrected chi connectivity index (χ2v) is 10.7. The van der Waals surface area contributed by atoms with Crippen molar-refractivity contribution in [2.75, 3.05) is 24.5 Å². The van der Waals surface area contributed by atoms with E-state index in [2.05, 4.69) is 23.1 Å². The lowest BCUT2D eigenvalue weighted by Gasteiger charge is -2.40. The molecule has 0 unspecified atom stereocenters. The first-order valence-corrected chi connectivity index (χ1v) is 13.8. The highest BCUT2D eigenvalue weighted by Gasteiger charge is 2.30. The number of piperazine rings is 1. The molecule has 41 heavy (non-hydrogen) atoms. The first kappa shape index (κ1) is 28.0. The number of hydrogen-bond donors (Lipinski definition) is 0. The van der Waals surface area contributed by atoms with E-state index in [1.807, 2.05) is 62.9 Å². The van der Waals surface area contributed by atoms with Crippen molar-refractivity contribution >= 4 is 28.7 Å². The van der Waals surface area contributed by atoms with Gasteiger partial charge >= 0.3 is 5.69 Å². The van der Waals surface area contributed by atoms with Crippen LogP contribution >= 0.6 is 0 Å². The Morgan fingerprint density at radius 1 is 1.12 bits per heavy atom. The number of aromatic nitrogens is 3. The van der Waals surface area contributed by atoms with E-state index in [9.17, 15) is 9.59 Å². The van der Waals surface area contributed by atoms with Crippen LogP contribution < -0.4 is 10.6 Å². The molecule has 0 bridgehead atoms. The largest absolute Gasteiger partial charge is 0.354 e. The summed E-state index contributed by atoms with van der Waals surface area (Å²) >= 11 is 0. The van der Waals surface area contributed by atoms with Gasteiger partial charge in [0, 0.05) is 42.8 Å². The molecule has 0 saturated carbocycles. The van der Waals surface area contributed by atoms with Gasteiger partial charge in [0.05, 0.1) is 16.9 Å². The molecule has 8 heteroatoms. The van der Waals surface area contributed by atoms with Crippen LogP contribution in [-0.4, -0.2) is 51.0 Å². The maximum atomic E-state index is 16.1. The Morgan fingerprint density at radius 2 is 1.88 bits per heavy atom. The molecule has 1 aliphatic heterocycles. The Morgan fingerprint density at radius 3 is 2.56 bits per heavy atom. The van der Waals surface area contributed by atoms with Crippen molar-refractivity contribution in [1.29, 1.82) is 0 Å². The summed E-state index contributed by atoms with van der Waals surface area (Å²) in [4.78, 5) is 39.2. The highest BCUT2D eigenvalue weighted by molar-refractivity contribution is 5.95. The van der Waals surface area contributed by atoms with E-state index in [1.165, 1.54) is 12.1 Å². The van der Waals surface area contributed by atoms with Crippen LogP contribution in [0.25, 0.3) is 33.8 Å². The Bertz CT molecular complexity index is 1740. The number of hydrogen-bond acceptors (Lipinski definition) is 5. The van der Waals surface area contributed by atoms with Crippen LogP contribution in [0.15, 0.2) is 72.7 Å². The predicted molar refractivity (Wildman–Crippen MR) is 163 cm³/mol. The summed E-state index contributed by atoms with van der Waals surface area (Å²) in [5.41, 5.74) is 4.15. The number of amides is 1. The second-order valence-electron chi connectivity index (χ2n) is 10.7. The number of nitrogens with zero attached hydrogens (tertiary/aromatic N) is 5. The predicted octanol–water partition coefficient (Wildman–Crippen LogP) is 5.88. The van der Waals surface area contributed by atoms with Crippen LogP contribution in [0.4, 0.5) is 10.2 Å². The third-order valence-corrected chi connectivity index (χ3v) is 7.74. The molecule has 0 aliphatic carbocycles. The summed E-state index contributed by atoms with van der Waals surface area (Å²) in [5.74, 6) is -0.146. The zero-order valence-electron chi connectivity index (χ0n) is 23.9. The van der Waals surface area contributed by atoms with Gasteiger partial charge in [-0.1, -0.05) is 57.3 Å². The molecule has 0 radical (unpaired) electrons. The molecule has 1 saturated heterocycles. The molecule has 0 spiro atoms. The topological polar surface area (TPSA) is 71.3 Å². The first-order valence-electron chi connectivity index (χ1n) is 13.8. The number of anilines is 1. The van der Waals surface area contributed by atoms with Crippen LogP contribution in [-0.2, 0) is 4.79 Å². The number of rotatable bonds is 6. The third-order valence-electron chi connectivity index (χ3n) is 7.74. The Kier molecular flexibility index (Phi) is 7.58. The van der Waals surface area contributed by atoms with Crippen LogP contribution in [0.5, 0.6) is 0 Å². The van der Waals surface area contributed by atoms with Gasteiger partial charge < -0.3 is 9.80 Å². The third kappa shape index (κ3) is 4.94. The summed E-state index contributed by atoms with van der Waals surface area (Å²) < 4.78 is 17.6. The van der Waals surface area contributed by atoms with Crippen LogP contribution in [0.3, 0.4) is 0 Å². The van der Waals surface area contributed by atoms with E-state index in [0.29, 0.717) is 53.2 Å². The van der Waals surface area contributed by atoms with Crippen LogP contribution in [0.1, 0.15) is 43.5 Å². The average Bonchev–Trinajstić information content (AvgIpc) is 2.96. The van der Waals surface area contributed by atoms with Gasteiger partial charge in [-0.15, -0.1) is 0 Å². The van der Waals surface area contributed by atoms with E-state index in [1.54, 1.807) is 27.8 Å². The second kappa shape index (κ2) is 11.1. The summed E-state index contributed by atoms with van der Waals surface area (Å²) in [6.45, 7) is 16.8. The molecule has 5 rings (SSSR count). The fourth-order valence-corrected chi connectivity index (χ4v) is 5.68. The molecule has 2 aromatic carbocycles. The molecule has 7 nitrogen and oxygen atoms in total. The van der Waals surface area contributed by atoms with Gasteiger partial charge in [-0.2, -0.15) is 4.98 Å². The Balaban J connectivity index is 1.82. The molecule has 1 amide bonds. The summed E-state index contributed by atoms with van der Waals surface area (Å²) in [6, 6.07) is 12.4. The molecule has 4 aromatic rings. The average molecular weight is 552 g/mol. The Hall–Kier alpha value is -4.59. The summed E-state index contributed by atoms with van der Waals surface area (Å²) in [5, 5.41) is 0.509. The monoisotopic (exact) mass is 551 g/mol. The number of carbonyl (C=O) groups is 1. The van der Waals surface area contributed by atoms with E-state index in [-0.39, 0.29) is 17.9 Å². The van der Waals surface area contributed by atoms with E-state index < -0.39 is 11.5 Å². The normalized spacial score (nSPS) is 15.4. The van der Waals surface area contributed by atoms with Gasteiger partial charge in [0.15, 0.2) is 0 Å². The number of pyridine rings is 1. The number of carbonyl (C=O) groups excluding carboxylic acids is 1. The summed E-state index contributed by atoms with van der Waals surface area (Å²) in [7, 11) is 0. The zero-order chi connectivity index (χ0) is 29.4. The fraction of sp³-hybridized carbons (Fsp3) is 0.273. The number of fused-ring (bicyclic) bond motifs is 1. The molecule has 1 aliphatic rings. The molecule has 3 heterocycles. The standard InChI is InChI=1S/C33H34FN5O2/c1-7-23-11-9-10-12-24(23)25-18-28-26(17-27(25)34)32(38-16-15-37(19-22(38)6)29(40)8-2)36-33(41)39(28)31-21(5)13-14-35-30(31)20(3)4/h7-14,17-18,20,22H,1-2,15-16,19H2,3-6H3/t22-/m0/s1. The maximum Gasteiger partial charge on any atom is 0.354 e. The van der Waals surface area contributed by atoms with Crippen LogP contribution in [0, 0.1) is 12.7 Å². The minimum absolute atomic E-state index is 0.0310.